The van der Waals surface area contributed by atoms with E-state index in [1.165, 1.54) is 26.4 Å². The monoisotopic (exact) mass is 1090 g/mol. The molecular weight excluding hydrogens is 1010 g/mol. The summed E-state index contributed by atoms with van der Waals surface area (Å²) < 4.78 is 49.2. The highest BCUT2D eigenvalue weighted by Gasteiger charge is 2.41. The van der Waals surface area contributed by atoms with E-state index in [4.69, 9.17) is 29.6 Å². The largest absolute Gasteiger partial charge is 0.495 e. The van der Waals surface area contributed by atoms with Gasteiger partial charge in [-0.15, -0.1) is 0 Å². The van der Waals surface area contributed by atoms with Gasteiger partial charge in [0.05, 0.1) is 33.4 Å². The van der Waals surface area contributed by atoms with Gasteiger partial charge in [-0.1, -0.05) is 109 Å². The van der Waals surface area contributed by atoms with Gasteiger partial charge in [0.1, 0.15) is 59.9 Å². The van der Waals surface area contributed by atoms with Gasteiger partial charge in [0, 0.05) is 31.3 Å². The fraction of sp³-hybridized carbons (Fsp3) is 0.545. The zero-order valence-electron chi connectivity index (χ0n) is 46.0. The predicted octanol–water partition coefficient (Wildman–Crippen LogP) is 3.71. The second kappa shape index (κ2) is 32.3. The van der Waals surface area contributed by atoms with Gasteiger partial charge >= 0.3 is 10.1 Å². The van der Waals surface area contributed by atoms with Crippen LogP contribution in [0.25, 0.3) is 0 Å². The summed E-state index contributed by atoms with van der Waals surface area (Å²) in [7, 11) is -2.49. The van der Waals surface area contributed by atoms with Crippen molar-refractivity contribution in [3.8, 4) is 17.2 Å². The number of hydrazone groups is 1. The number of amides is 4. The summed E-state index contributed by atoms with van der Waals surface area (Å²) in [4.78, 5) is 72.6. The number of nitrogens with two attached hydrogens (primary N) is 1. The molecule has 0 aromatic heterocycles. The van der Waals surface area contributed by atoms with Crippen LogP contribution in [0.15, 0.2) is 82.8 Å². The van der Waals surface area contributed by atoms with Gasteiger partial charge in [-0.25, -0.2) is 0 Å². The molecule has 4 amide bonds. The molecule has 3 rings (SSSR count). The van der Waals surface area contributed by atoms with Crippen LogP contribution in [0.3, 0.4) is 0 Å². The number of aliphatic hydroxyl groups excluding tert-OH is 1. The Labute approximate surface area is 454 Å². The minimum absolute atomic E-state index is 0.0190. The van der Waals surface area contributed by atoms with E-state index < -0.39 is 80.8 Å². The number of nitrogens with one attached hydrogen (secondary N) is 5. The minimum Gasteiger partial charge on any atom is -0.495 e. The minimum atomic E-state index is -4.86. The molecule has 0 aliphatic carbocycles. The molecule has 0 heterocycles. The predicted molar refractivity (Wildman–Crippen MR) is 293 cm³/mol. The van der Waals surface area contributed by atoms with Gasteiger partial charge in [-0.3, -0.25) is 33.1 Å². The van der Waals surface area contributed by atoms with Crippen molar-refractivity contribution in [3.05, 3.63) is 83.9 Å². The van der Waals surface area contributed by atoms with Crippen LogP contribution >= 0.6 is 0 Å². The van der Waals surface area contributed by atoms with Crippen LogP contribution in [0.1, 0.15) is 91.7 Å². The van der Waals surface area contributed by atoms with E-state index >= 15 is 0 Å². The summed E-state index contributed by atoms with van der Waals surface area (Å²) in [5.41, 5.74) is -0.886. The van der Waals surface area contributed by atoms with Crippen LogP contribution in [-0.4, -0.2) is 148 Å². The number of hydrogen-bond acceptors (Lipinski definition) is 17. The molecule has 0 radical (unpaired) electrons. The Morgan fingerprint density at radius 1 is 0.779 bits per heavy atom. The standard InChI is InChI=1S/C55H82N8O13S/c1-10-38(6)23-24-63(25-26-64)33-49(65)58-43(22-21-39-17-13-11-14-18-39)52(67)60-45(28-37(4)5)53(68)61-46(29-40-19-15-12-16-20-40)54(69)59-44(27-36(2)3)51(66)55(7,70)35-76-77(71,72)50-47(73-8)30-42(31-48(50)74-9)75-34-41(32-56)62-57/h11-20,30-32,36-38,43-46,56,64,70H,10,21-29,33-35,57H2,1-9H3,(H,58,65)(H,59,69)(H,60,67)(H,61,68)/t38?,43-,44-,45-,46-,55?/m0/s1. The summed E-state index contributed by atoms with van der Waals surface area (Å²) in [6.07, 6.45) is 3.34. The number of carbonyl (C=O) groups excluding carboxylic acids is 5. The summed E-state index contributed by atoms with van der Waals surface area (Å²) >= 11 is 0. The molecule has 6 atom stereocenters. The van der Waals surface area contributed by atoms with E-state index in [9.17, 15) is 42.6 Å². The topological polar surface area (TPSA) is 310 Å². The summed E-state index contributed by atoms with van der Waals surface area (Å²) in [5.74, 6) is 1.23. The van der Waals surface area contributed by atoms with E-state index in [2.05, 4.69) is 40.2 Å². The van der Waals surface area contributed by atoms with Gasteiger partial charge in [0.25, 0.3) is 0 Å². The lowest BCUT2D eigenvalue weighted by Gasteiger charge is -2.30. The molecule has 9 N–H and O–H groups in total. The fourth-order valence-corrected chi connectivity index (χ4v) is 9.40. The molecule has 0 fully saturated rings. The van der Waals surface area contributed by atoms with Gasteiger partial charge in [0.15, 0.2) is 10.7 Å². The Kier molecular flexibility index (Phi) is 27.2. The number of nitrogens with zero attached hydrogens (tertiary/aromatic N) is 2. The molecule has 0 bridgehead atoms. The van der Waals surface area contributed by atoms with Crippen LogP contribution in [0.2, 0.25) is 0 Å². The number of benzene rings is 3. The van der Waals surface area contributed by atoms with Crippen molar-refractivity contribution in [1.82, 2.24) is 26.2 Å². The Bertz CT molecular complexity index is 2490. The SMILES string of the molecule is CCC(C)CCN(CCO)CC(=O)N[C@@H](CCc1ccccc1)C(=O)N[C@@H](CC(C)C)C(=O)N[C@@H](Cc1ccccc1)C(=O)N[C@@H](CC(C)C)C(=O)C(C)(O)COS(=O)(=O)c1c(OC)cc(OCC(C=N)=NN)cc1OC. The van der Waals surface area contributed by atoms with Crippen molar-refractivity contribution in [2.24, 2.45) is 28.7 Å². The van der Waals surface area contributed by atoms with E-state index in [1.54, 1.807) is 44.2 Å². The third kappa shape index (κ3) is 21.8. The highest BCUT2D eigenvalue weighted by molar-refractivity contribution is 7.87. The Hall–Kier alpha value is -6.46. The van der Waals surface area contributed by atoms with Crippen LogP contribution in [0.4, 0.5) is 0 Å². The number of aliphatic hydroxyl groups is 2. The smallest absolute Gasteiger partial charge is 0.304 e. The maximum Gasteiger partial charge on any atom is 0.304 e. The molecule has 0 spiro atoms. The van der Waals surface area contributed by atoms with Gasteiger partial charge in [-0.05, 0) is 74.5 Å². The molecule has 0 saturated carbocycles. The molecule has 22 heteroatoms. The van der Waals surface area contributed by atoms with E-state index in [-0.39, 0.29) is 86.8 Å². The summed E-state index contributed by atoms with van der Waals surface area (Å²) in [6.45, 7) is 11.8. The van der Waals surface area contributed by atoms with Crippen molar-refractivity contribution in [2.75, 3.05) is 53.7 Å². The van der Waals surface area contributed by atoms with Crippen molar-refractivity contribution < 1.29 is 61.0 Å². The third-order valence-corrected chi connectivity index (χ3v) is 14.0. The maximum atomic E-state index is 14.5. The van der Waals surface area contributed by atoms with E-state index in [1.807, 2.05) is 49.1 Å². The zero-order valence-corrected chi connectivity index (χ0v) is 46.8. The summed E-state index contributed by atoms with van der Waals surface area (Å²) in [6, 6.07) is 15.6. The lowest BCUT2D eigenvalue weighted by atomic mass is 9.90. The highest BCUT2D eigenvalue weighted by Crippen LogP contribution is 2.39. The molecule has 3 aromatic rings. The third-order valence-electron chi connectivity index (χ3n) is 12.7. The van der Waals surface area contributed by atoms with Crippen molar-refractivity contribution >= 4 is 51.5 Å². The lowest BCUT2D eigenvalue weighted by molar-refractivity contribution is -0.143. The van der Waals surface area contributed by atoms with Crippen LogP contribution < -0.4 is 41.3 Å². The van der Waals surface area contributed by atoms with E-state index in [0.29, 0.717) is 24.4 Å². The number of ketones is 1. The van der Waals surface area contributed by atoms with E-state index in [0.717, 1.165) is 31.5 Å². The summed E-state index contributed by atoms with van der Waals surface area (Å²) in [5, 5.41) is 43.5. The fourth-order valence-electron chi connectivity index (χ4n) is 8.12. The normalized spacial score (nSPS) is 14.6. The number of aryl methyl sites for hydroxylation is 1. The molecule has 0 aliphatic rings. The molecule has 2 unspecified atom stereocenters. The number of hydrogen-bond donors (Lipinski definition) is 8. The Morgan fingerprint density at radius 3 is 1.84 bits per heavy atom. The number of ether oxygens (including phenoxy) is 3. The van der Waals surface area contributed by atoms with Crippen LogP contribution in [-0.2, 0) is 51.1 Å². The first kappa shape index (κ1) is 64.8. The molecular formula is C55H82N8O13S. The van der Waals surface area contributed by atoms with Gasteiger partial charge < -0.3 is 56.9 Å². The molecule has 77 heavy (non-hydrogen) atoms. The number of Topliss-reactive ketones (excluding diaryl/α,β-unsaturated/α-hetero) is 1. The number of methoxy groups -OCH3 is 2. The first-order chi connectivity index (χ1) is 36.5. The quantitative estimate of drug-likeness (QED) is 0.0178. The second-order valence-electron chi connectivity index (χ2n) is 20.1. The Morgan fingerprint density at radius 2 is 1.31 bits per heavy atom. The lowest BCUT2D eigenvalue weighted by Crippen LogP contribution is -2.60. The van der Waals surface area contributed by atoms with Crippen molar-refractivity contribution in [2.45, 2.75) is 128 Å². The average molecular weight is 1100 g/mol. The molecule has 3 aromatic carbocycles. The van der Waals surface area contributed by atoms with Crippen LogP contribution in [0, 0.1) is 23.2 Å². The van der Waals surface area contributed by atoms with Crippen LogP contribution in [0.5, 0.6) is 17.2 Å². The number of carbonyl (C=O) groups is 5. The molecule has 0 aliphatic heterocycles. The Balaban J connectivity index is 1.92. The zero-order chi connectivity index (χ0) is 57.3. The average Bonchev–Trinajstić information content (AvgIpc) is 3.40. The first-order valence-corrected chi connectivity index (χ1v) is 27.3. The molecule has 21 nitrogen and oxygen atoms in total. The molecule has 0 saturated heterocycles. The maximum absolute atomic E-state index is 14.5. The molecule has 426 valence electrons. The highest BCUT2D eigenvalue weighted by atomic mass is 32.2. The number of rotatable bonds is 36. The van der Waals surface area contributed by atoms with Crippen molar-refractivity contribution in [1.29, 1.82) is 5.41 Å². The van der Waals surface area contributed by atoms with Gasteiger partial charge in [-0.2, -0.15) is 13.5 Å². The first-order valence-electron chi connectivity index (χ1n) is 25.9. The van der Waals surface area contributed by atoms with Gasteiger partial charge in [0.2, 0.25) is 23.6 Å². The van der Waals surface area contributed by atoms with Crippen molar-refractivity contribution in [3.63, 3.8) is 0 Å². The second-order valence-corrected chi connectivity index (χ2v) is 21.7.